The Hall–Kier alpha value is -1.41. The number of hydrogen-bond donors (Lipinski definition) is 3. The summed E-state index contributed by atoms with van der Waals surface area (Å²) in [4.78, 5) is 31.7. The van der Waals surface area contributed by atoms with Crippen LogP contribution in [-0.2, 0) is 16.1 Å². The van der Waals surface area contributed by atoms with E-state index in [1.165, 1.54) is 12.8 Å². The molecular formula is C23H35Cl2N5O2. The van der Waals surface area contributed by atoms with Crippen LogP contribution in [0, 0.1) is 23.7 Å². The van der Waals surface area contributed by atoms with E-state index in [9.17, 15) is 9.59 Å². The number of nitrogens with one attached hydrogen (secondary N) is 3. The highest BCUT2D eigenvalue weighted by Gasteiger charge is 2.56. The second-order valence-corrected chi connectivity index (χ2v) is 9.62. The van der Waals surface area contributed by atoms with Gasteiger partial charge in [-0.15, -0.1) is 24.8 Å². The number of rotatable bonds is 9. The molecule has 1 aromatic heterocycles. The van der Waals surface area contributed by atoms with E-state index in [1.807, 2.05) is 12.1 Å². The van der Waals surface area contributed by atoms with E-state index in [0.29, 0.717) is 30.8 Å². The standard InChI is InChI=1S/C23H33N5O2.2ClH/c29-21(26-10-15-5-7-24-8-6-15)9-17-3-4-18(28(17)14-16-1-2-16)11-27-23(30)22-19-12-25-13-20(19)22;;/h5-8,16-20,22,25H,1-4,9-14H2,(H,26,29)(H,27,30);2*1H/t17-,18+,19-,20+,22?;;/m1../s1. The van der Waals surface area contributed by atoms with Crippen molar-refractivity contribution in [2.24, 2.45) is 23.7 Å². The van der Waals surface area contributed by atoms with Gasteiger partial charge in [0.2, 0.25) is 11.8 Å². The molecule has 2 aliphatic carbocycles. The van der Waals surface area contributed by atoms with Crippen LogP contribution in [0.3, 0.4) is 0 Å². The molecule has 2 aliphatic heterocycles. The van der Waals surface area contributed by atoms with E-state index in [1.54, 1.807) is 12.4 Å². The molecule has 2 amide bonds. The molecule has 5 rings (SSSR count). The van der Waals surface area contributed by atoms with Gasteiger partial charge in [0.15, 0.2) is 0 Å². The maximum Gasteiger partial charge on any atom is 0.223 e. The fourth-order valence-corrected chi connectivity index (χ4v) is 5.48. The molecule has 32 heavy (non-hydrogen) atoms. The van der Waals surface area contributed by atoms with Crippen LogP contribution in [0.15, 0.2) is 24.5 Å². The second kappa shape index (κ2) is 11.1. The molecule has 0 radical (unpaired) electrons. The Labute approximate surface area is 202 Å². The number of hydrogen-bond acceptors (Lipinski definition) is 5. The zero-order chi connectivity index (χ0) is 20.5. The van der Waals surface area contributed by atoms with E-state index in [4.69, 9.17) is 0 Å². The summed E-state index contributed by atoms with van der Waals surface area (Å²) in [5, 5.41) is 9.66. The summed E-state index contributed by atoms with van der Waals surface area (Å²) in [6.07, 6.45) is 8.74. The second-order valence-electron chi connectivity index (χ2n) is 9.62. The van der Waals surface area contributed by atoms with E-state index >= 15 is 0 Å². The third kappa shape index (κ3) is 5.93. The molecule has 1 unspecified atom stereocenters. The van der Waals surface area contributed by atoms with Crippen molar-refractivity contribution >= 4 is 36.6 Å². The first-order valence-electron chi connectivity index (χ1n) is 11.6. The summed E-state index contributed by atoms with van der Waals surface area (Å²) in [6.45, 7) is 4.34. The smallest absolute Gasteiger partial charge is 0.223 e. The molecular weight excluding hydrogens is 449 g/mol. The van der Waals surface area contributed by atoms with Crippen LogP contribution >= 0.6 is 24.8 Å². The normalized spacial score (nSPS) is 30.6. The highest BCUT2D eigenvalue weighted by Crippen LogP contribution is 2.48. The van der Waals surface area contributed by atoms with Crippen molar-refractivity contribution < 1.29 is 9.59 Å². The lowest BCUT2D eigenvalue weighted by molar-refractivity contribution is -0.124. The highest BCUT2D eigenvalue weighted by atomic mass is 35.5. The molecule has 4 aliphatic rings. The average Bonchev–Trinajstić information content (AvgIpc) is 3.62. The number of amides is 2. The van der Waals surface area contributed by atoms with E-state index in [-0.39, 0.29) is 48.6 Å². The van der Waals surface area contributed by atoms with Gasteiger partial charge in [-0.1, -0.05) is 0 Å². The van der Waals surface area contributed by atoms with Gasteiger partial charge < -0.3 is 16.0 Å². The molecule has 5 atom stereocenters. The number of fused-ring (bicyclic) bond motifs is 1. The van der Waals surface area contributed by atoms with Crippen LogP contribution in [0.25, 0.3) is 0 Å². The summed E-state index contributed by atoms with van der Waals surface area (Å²) in [6, 6.07) is 4.51. The Morgan fingerprint density at radius 1 is 1.00 bits per heavy atom. The van der Waals surface area contributed by atoms with E-state index < -0.39 is 0 Å². The Balaban J connectivity index is 0.00000144. The molecule has 3 N–H and O–H groups in total. The first kappa shape index (κ1) is 25.2. The van der Waals surface area contributed by atoms with Crippen LogP contribution in [0.5, 0.6) is 0 Å². The summed E-state index contributed by atoms with van der Waals surface area (Å²) < 4.78 is 0. The van der Waals surface area contributed by atoms with Crippen LogP contribution in [0.2, 0.25) is 0 Å². The summed E-state index contributed by atoms with van der Waals surface area (Å²) >= 11 is 0. The number of aromatic nitrogens is 1. The molecule has 3 heterocycles. The summed E-state index contributed by atoms with van der Waals surface area (Å²) in [7, 11) is 0. The minimum absolute atomic E-state index is 0. The van der Waals surface area contributed by atoms with Crippen LogP contribution in [0.4, 0.5) is 0 Å². The quantitative estimate of drug-likeness (QED) is 0.498. The average molecular weight is 484 g/mol. The van der Waals surface area contributed by atoms with Crippen molar-refractivity contribution in [1.29, 1.82) is 0 Å². The number of carbonyl (C=O) groups is 2. The van der Waals surface area contributed by atoms with Gasteiger partial charge in [0.1, 0.15) is 0 Å². The number of likely N-dealkylation sites (tertiary alicyclic amines) is 1. The molecule has 0 spiro atoms. The monoisotopic (exact) mass is 483 g/mol. The highest BCUT2D eigenvalue weighted by molar-refractivity contribution is 5.85. The van der Waals surface area contributed by atoms with E-state index in [2.05, 4.69) is 25.8 Å². The molecule has 9 heteroatoms. The minimum Gasteiger partial charge on any atom is -0.354 e. The predicted molar refractivity (Wildman–Crippen MR) is 128 cm³/mol. The Morgan fingerprint density at radius 3 is 2.38 bits per heavy atom. The topological polar surface area (TPSA) is 86.4 Å². The summed E-state index contributed by atoms with van der Waals surface area (Å²) in [5.41, 5.74) is 1.07. The van der Waals surface area contributed by atoms with Gasteiger partial charge in [-0.05, 0) is 74.2 Å². The molecule has 2 saturated heterocycles. The number of piperidine rings is 1. The van der Waals surface area contributed by atoms with Crippen LogP contribution in [0.1, 0.15) is 37.7 Å². The van der Waals surface area contributed by atoms with Gasteiger partial charge in [0.25, 0.3) is 0 Å². The lowest BCUT2D eigenvalue weighted by Gasteiger charge is -2.30. The number of halogens is 2. The van der Waals surface area contributed by atoms with Crippen molar-refractivity contribution in [3.05, 3.63) is 30.1 Å². The molecule has 7 nitrogen and oxygen atoms in total. The molecule has 4 fully saturated rings. The van der Waals surface area contributed by atoms with Gasteiger partial charge in [0.05, 0.1) is 0 Å². The van der Waals surface area contributed by atoms with Gasteiger partial charge >= 0.3 is 0 Å². The van der Waals surface area contributed by atoms with Gasteiger partial charge in [0, 0.05) is 56.5 Å². The third-order valence-electron chi connectivity index (χ3n) is 7.50. The predicted octanol–water partition coefficient (Wildman–Crippen LogP) is 1.76. The number of pyridine rings is 1. The molecule has 2 saturated carbocycles. The van der Waals surface area contributed by atoms with Crippen molar-refractivity contribution in [3.63, 3.8) is 0 Å². The number of carbonyl (C=O) groups excluding carboxylic acids is 2. The molecule has 178 valence electrons. The maximum atomic E-state index is 12.6. The zero-order valence-electron chi connectivity index (χ0n) is 18.4. The van der Waals surface area contributed by atoms with Gasteiger partial charge in [-0.25, -0.2) is 0 Å². The van der Waals surface area contributed by atoms with Crippen molar-refractivity contribution in [2.75, 3.05) is 26.2 Å². The summed E-state index contributed by atoms with van der Waals surface area (Å²) in [5.74, 6) is 2.50. The first-order chi connectivity index (χ1) is 14.7. The fraction of sp³-hybridized carbons (Fsp3) is 0.696. The molecule has 0 bridgehead atoms. The van der Waals surface area contributed by atoms with E-state index in [0.717, 1.165) is 50.5 Å². The van der Waals surface area contributed by atoms with Crippen molar-refractivity contribution in [1.82, 2.24) is 25.8 Å². The lowest BCUT2D eigenvalue weighted by Crippen LogP contribution is -2.46. The van der Waals surface area contributed by atoms with Gasteiger partial charge in [-0.2, -0.15) is 0 Å². The maximum absolute atomic E-state index is 12.6. The molecule has 0 aromatic carbocycles. The Kier molecular flexibility index (Phi) is 8.78. The number of nitrogens with zero attached hydrogens (tertiary/aromatic N) is 2. The fourth-order valence-electron chi connectivity index (χ4n) is 5.48. The largest absolute Gasteiger partial charge is 0.354 e. The van der Waals surface area contributed by atoms with Crippen molar-refractivity contribution in [3.8, 4) is 0 Å². The van der Waals surface area contributed by atoms with Crippen molar-refractivity contribution in [2.45, 2.75) is 50.7 Å². The SMILES string of the molecule is Cl.Cl.O=C(C[C@H]1CC[C@@H](CNC(=O)C2[C@H]3CNC[C@@H]23)N1CC1CC1)NCc1ccncc1. The Morgan fingerprint density at radius 2 is 1.69 bits per heavy atom. The van der Waals surface area contributed by atoms with Crippen LogP contribution in [-0.4, -0.2) is 60.0 Å². The molecule has 1 aromatic rings. The van der Waals surface area contributed by atoms with Crippen LogP contribution < -0.4 is 16.0 Å². The first-order valence-corrected chi connectivity index (χ1v) is 11.6. The zero-order valence-corrected chi connectivity index (χ0v) is 20.0. The van der Waals surface area contributed by atoms with Gasteiger partial charge in [-0.3, -0.25) is 19.5 Å². The third-order valence-corrected chi connectivity index (χ3v) is 7.50. The lowest BCUT2D eigenvalue weighted by atomic mass is 10.1. The minimum atomic E-state index is 0. The Bertz CT molecular complexity index is 769.